The van der Waals surface area contributed by atoms with Gasteiger partial charge in [0.1, 0.15) is 12.6 Å². The molecule has 1 aliphatic rings. The molecule has 2 amide bonds. The fourth-order valence-electron chi connectivity index (χ4n) is 5.07. The lowest BCUT2D eigenvalue weighted by molar-refractivity contribution is -0.140. The molecule has 0 saturated heterocycles. The van der Waals surface area contributed by atoms with Crippen molar-refractivity contribution in [3.8, 4) is 0 Å². The van der Waals surface area contributed by atoms with Crippen LogP contribution in [0.15, 0.2) is 78.9 Å². The summed E-state index contributed by atoms with van der Waals surface area (Å²) in [5.41, 5.74) is 1.87. The van der Waals surface area contributed by atoms with Crippen molar-refractivity contribution in [3.63, 3.8) is 0 Å². The van der Waals surface area contributed by atoms with Gasteiger partial charge in [-0.1, -0.05) is 90.6 Å². The Morgan fingerprint density at radius 1 is 0.881 bits per heavy atom. The molecule has 11 heteroatoms. The van der Waals surface area contributed by atoms with E-state index >= 15 is 0 Å². The number of benzene rings is 3. The van der Waals surface area contributed by atoms with E-state index in [1.165, 1.54) is 19.0 Å². The van der Waals surface area contributed by atoms with Gasteiger partial charge in [0, 0.05) is 33.1 Å². The third-order valence-corrected chi connectivity index (χ3v) is 9.93. The molecule has 3 aromatic carbocycles. The molecule has 0 radical (unpaired) electrons. The first-order valence-corrected chi connectivity index (χ1v) is 16.0. The minimum atomic E-state index is -4.05. The maximum atomic E-state index is 14.3. The molecule has 1 N–H and O–H groups in total. The molecule has 1 atom stereocenters. The molecule has 0 heterocycles. The van der Waals surface area contributed by atoms with Crippen LogP contribution in [0.25, 0.3) is 0 Å². The standard InChI is InChI=1S/C31H36Cl2N4O4S/c1-35(2)42(40,41)37(26-15-7-4-8-16-26)22-30(38)36(21-24-17-18-27(32)28(33)19-24)29(20-23-11-5-3-6-12-23)31(39)34-25-13-9-10-14-25/h3-8,11-12,15-19,25,29H,9-10,13-14,20-22H2,1-2H3,(H,34,39)/t29-/m0/s1. The van der Waals surface area contributed by atoms with Crippen LogP contribution < -0.4 is 9.62 Å². The van der Waals surface area contributed by atoms with E-state index in [1.807, 2.05) is 30.3 Å². The molecule has 0 aromatic heterocycles. The lowest BCUT2D eigenvalue weighted by Crippen LogP contribution is -2.55. The Balaban J connectivity index is 1.75. The van der Waals surface area contributed by atoms with Crippen LogP contribution in [-0.2, 0) is 32.8 Å². The summed E-state index contributed by atoms with van der Waals surface area (Å²) in [7, 11) is -1.22. The van der Waals surface area contributed by atoms with E-state index in [0.29, 0.717) is 21.3 Å². The van der Waals surface area contributed by atoms with Crippen molar-refractivity contribution in [2.75, 3.05) is 24.9 Å². The number of hydrogen-bond acceptors (Lipinski definition) is 4. The fourth-order valence-corrected chi connectivity index (χ4v) is 6.44. The summed E-state index contributed by atoms with van der Waals surface area (Å²) in [6, 6.07) is 22.1. The fraction of sp³-hybridized carbons (Fsp3) is 0.355. The second-order valence-corrected chi connectivity index (χ2v) is 13.5. The largest absolute Gasteiger partial charge is 0.352 e. The molecule has 0 aliphatic heterocycles. The molecule has 3 aromatic rings. The molecule has 8 nitrogen and oxygen atoms in total. The zero-order valence-corrected chi connectivity index (χ0v) is 26.1. The van der Waals surface area contributed by atoms with Crippen LogP contribution in [0.1, 0.15) is 36.8 Å². The second-order valence-electron chi connectivity index (χ2n) is 10.6. The molecule has 1 fully saturated rings. The zero-order valence-electron chi connectivity index (χ0n) is 23.7. The Bertz CT molecular complexity index is 1470. The number of carbonyl (C=O) groups excluding carboxylic acids is 2. The first kappa shape index (κ1) is 31.8. The van der Waals surface area contributed by atoms with Crippen molar-refractivity contribution < 1.29 is 18.0 Å². The number of hydrogen-bond donors (Lipinski definition) is 1. The van der Waals surface area contributed by atoms with Crippen LogP contribution in [-0.4, -0.2) is 62.2 Å². The highest BCUT2D eigenvalue weighted by molar-refractivity contribution is 7.90. The van der Waals surface area contributed by atoms with E-state index < -0.39 is 28.7 Å². The van der Waals surface area contributed by atoms with Gasteiger partial charge in [-0.25, -0.2) is 4.31 Å². The summed E-state index contributed by atoms with van der Waals surface area (Å²) in [5.74, 6) is -0.807. The Labute approximate surface area is 258 Å². The predicted octanol–water partition coefficient (Wildman–Crippen LogP) is 5.31. The molecular formula is C31H36Cl2N4O4S. The topological polar surface area (TPSA) is 90.0 Å². The van der Waals surface area contributed by atoms with Crippen molar-refractivity contribution in [1.82, 2.24) is 14.5 Å². The molecule has 0 unspecified atom stereocenters. The second kappa shape index (κ2) is 14.4. The van der Waals surface area contributed by atoms with Gasteiger partial charge < -0.3 is 10.2 Å². The first-order chi connectivity index (χ1) is 20.1. The third-order valence-electron chi connectivity index (χ3n) is 7.37. The summed E-state index contributed by atoms with van der Waals surface area (Å²) >= 11 is 12.5. The van der Waals surface area contributed by atoms with E-state index in [9.17, 15) is 18.0 Å². The van der Waals surface area contributed by atoms with Crippen LogP contribution >= 0.6 is 23.2 Å². The maximum absolute atomic E-state index is 14.3. The van der Waals surface area contributed by atoms with Crippen LogP contribution in [0, 0.1) is 0 Å². The molecule has 4 rings (SSSR count). The number of amides is 2. The van der Waals surface area contributed by atoms with Gasteiger partial charge in [0.25, 0.3) is 0 Å². The van der Waals surface area contributed by atoms with E-state index in [-0.39, 0.29) is 24.9 Å². The first-order valence-electron chi connectivity index (χ1n) is 13.9. The van der Waals surface area contributed by atoms with Gasteiger partial charge in [-0.05, 0) is 48.2 Å². The summed E-state index contributed by atoms with van der Waals surface area (Å²) in [5, 5.41) is 3.84. The van der Waals surface area contributed by atoms with Gasteiger partial charge in [-0.3, -0.25) is 9.59 Å². The summed E-state index contributed by atoms with van der Waals surface area (Å²) in [4.78, 5) is 29.7. The highest BCUT2D eigenvalue weighted by Crippen LogP contribution is 2.26. The number of para-hydroxylation sites is 1. The van der Waals surface area contributed by atoms with Crippen LogP contribution in [0.5, 0.6) is 0 Å². The van der Waals surface area contributed by atoms with Gasteiger partial charge in [0.15, 0.2) is 0 Å². The number of carbonyl (C=O) groups is 2. The number of anilines is 1. The molecule has 1 aliphatic carbocycles. The van der Waals surface area contributed by atoms with Crippen LogP contribution in [0.4, 0.5) is 5.69 Å². The molecule has 0 bridgehead atoms. The van der Waals surface area contributed by atoms with Crippen molar-refractivity contribution in [2.24, 2.45) is 0 Å². The van der Waals surface area contributed by atoms with Gasteiger partial charge in [-0.2, -0.15) is 12.7 Å². The minimum Gasteiger partial charge on any atom is -0.352 e. The molecular weight excluding hydrogens is 595 g/mol. The highest BCUT2D eigenvalue weighted by atomic mass is 35.5. The number of nitrogens with zero attached hydrogens (tertiary/aromatic N) is 3. The van der Waals surface area contributed by atoms with Gasteiger partial charge in [0.2, 0.25) is 11.8 Å². The van der Waals surface area contributed by atoms with Gasteiger partial charge in [-0.15, -0.1) is 0 Å². The Morgan fingerprint density at radius 2 is 1.50 bits per heavy atom. The Kier molecular flexibility index (Phi) is 10.9. The number of rotatable bonds is 12. The molecule has 42 heavy (non-hydrogen) atoms. The van der Waals surface area contributed by atoms with Crippen LogP contribution in [0.2, 0.25) is 10.0 Å². The summed E-state index contributed by atoms with van der Waals surface area (Å²) in [6.07, 6.45) is 4.09. The minimum absolute atomic E-state index is 0.0238. The Hall–Kier alpha value is -3.11. The van der Waals surface area contributed by atoms with Crippen molar-refractivity contribution in [1.29, 1.82) is 0 Å². The van der Waals surface area contributed by atoms with E-state index in [1.54, 1.807) is 48.5 Å². The number of nitrogens with one attached hydrogen (secondary N) is 1. The lowest BCUT2D eigenvalue weighted by Gasteiger charge is -2.35. The summed E-state index contributed by atoms with van der Waals surface area (Å²) in [6.45, 7) is -0.482. The highest BCUT2D eigenvalue weighted by Gasteiger charge is 2.35. The smallest absolute Gasteiger partial charge is 0.304 e. The van der Waals surface area contributed by atoms with Crippen molar-refractivity contribution in [3.05, 3.63) is 100 Å². The molecule has 224 valence electrons. The normalized spacial score (nSPS) is 14.5. The SMILES string of the molecule is CN(C)S(=O)(=O)N(CC(=O)N(Cc1ccc(Cl)c(Cl)c1)[C@@H](Cc1ccccc1)C(=O)NC1CCCC1)c1ccccc1. The van der Waals surface area contributed by atoms with Crippen molar-refractivity contribution in [2.45, 2.75) is 50.7 Å². The molecule has 1 saturated carbocycles. The Morgan fingerprint density at radius 3 is 2.10 bits per heavy atom. The maximum Gasteiger partial charge on any atom is 0.304 e. The van der Waals surface area contributed by atoms with E-state index in [2.05, 4.69) is 5.32 Å². The quantitative estimate of drug-likeness (QED) is 0.294. The van der Waals surface area contributed by atoms with Crippen molar-refractivity contribution >= 4 is 50.9 Å². The third kappa shape index (κ3) is 8.04. The number of halogens is 2. The van der Waals surface area contributed by atoms with Gasteiger partial charge >= 0.3 is 10.2 Å². The average molecular weight is 632 g/mol. The molecule has 0 spiro atoms. The monoisotopic (exact) mass is 630 g/mol. The zero-order chi connectivity index (χ0) is 30.3. The van der Waals surface area contributed by atoms with E-state index in [0.717, 1.165) is 39.9 Å². The average Bonchev–Trinajstić information content (AvgIpc) is 3.49. The van der Waals surface area contributed by atoms with E-state index in [4.69, 9.17) is 23.2 Å². The van der Waals surface area contributed by atoms with Gasteiger partial charge in [0.05, 0.1) is 15.7 Å². The predicted molar refractivity (Wildman–Crippen MR) is 168 cm³/mol. The summed E-state index contributed by atoms with van der Waals surface area (Å²) < 4.78 is 29.0. The lowest BCUT2D eigenvalue weighted by atomic mass is 10.0. The van der Waals surface area contributed by atoms with Crippen LogP contribution in [0.3, 0.4) is 0 Å².